The summed E-state index contributed by atoms with van der Waals surface area (Å²) in [4.78, 5) is 13.2. The zero-order valence-electron chi connectivity index (χ0n) is 12.0. The molecule has 0 bridgehead atoms. The Bertz CT molecular complexity index is 426. The highest BCUT2D eigenvalue weighted by Crippen LogP contribution is 2.20. The fourth-order valence-electron chi connectivity index (χ4n) is 2.47. The van der Waals surface area contributed by atoms with E-state index in [2.05, 4.69) is 27.3 Å². The number of piperidine rings is 1. The molecular weight excluding hydrogens is 254 g/mol. The molecule has 20 heavy (non-hydrogen) atoms. The topological polar surface area (TPSA) is 84.1 Å². The SMILES string of the molecule is CCCNCC1CCN(c2ccc(C(N)=O)nn2)CC1. The van der Waals surface area contributed by atoms with E-state index in [0.29, 0.717) is 0 Å². The van der Waals surface area contributed by atoms with Crippen LogP contribution in [-0.4, -0.2) is 42.3 Å². The predicted octanol–water partition coefficient (Wildman–Crippen LogP) is 0.791. The van der Waals surface area contributed by atoms with Gasteiger partial charge in [0.15, 0.2) is 11.5 Å². The molecule has 1 saturated heterocycles. The minimum Gasteiger partial charge on any atom is -0.364 e. The van der Waals surface area contributed by atoms with E-state index in [1.165, 1.54) is 6.42 Å². The van der Waals surface area contributed by atoms with Crippen molar-refractivity contribution in [2.45, 2.75) is 26.2 Å². The smallest absolute Gasteiger partial charge is 0.269 e. The van der Waals surface area contributed by atoms with Crippen molar-refractivity contribution in [3.8, 4) is 0 Å². The Morgan fingerprint density at radius 1 is 1.40 bits per heavy atom. The molecule has 3 N–H and O–H groups in total. The van der Waals surface area contributed by atoms with Gasteiger partial charge in [0.05, 0.1) is 0 Å². The number of carbonyl (C=O) groups is 1. The Morgan fingerprint density at radius 2 is 2.15 bits per heavy atom. The molecule has 1 aliphatic heterocycles. The first kappa shape index (κ1) is 14.7. The molecular formula is C14H23N5O. The Morgan fingerprint density at radius 3 is 2.70 bits per heavy atom. The highest BCUT2D eigenvalue weighted by molar-refractivity contribution is 5.90. The van der Waals surface area contributed by atoms with Crippen LogP contribution in [0.15, 0.2) is 12.1 Å². The molecule has 6 nitrogen and oxygen atoms in total. The zero-order valence-corrected chi connectivity index (χ0v) is 12.0. The Hall–Kier alpha value is -1.69. The number of nitrogens with one attached hydrogen (secondary N) is 1. The van der Waals surface area contributed by atoms with Crippen LogP contribution in [0.5, 0.6) is 0 Å². The van der Waals surface area contributed by atoms with Crippen molar-refractivity contribution in [2.24, 2.45) is 11.7 Å². The number of carbonyl (C=O) groups excluding carboxylic acids is 1. The summed E-state index contributed by atoms with van der Waals surface area (Å²) in [6, 6.07) is 3.46. The molecule has 0 saturated carbocycles. The first-order valence-corrected chi connectivity index (χ1v) is 7.30. The van der Waals surface area contributed by atoms with Crippen LogP contribution in [0, 0.1) is 5.92 Å². The van der Waals surface area contributed by atoms with Gasteiger partial charge in [0.25, 0.3) is 5.91 Å². The monoisotopic (exact) mass is 277 g/mol. The summed E-state index contributed by atoms with van der Waals surface area (Å²) in [5.41, 5.74) is 5.37. The van der Waals surface area contributed by atoms with Crippen LogP contribution < -0.4 is 16.0 Å². The Labute approximate surface area is 119 Å². The molecule has 1 aromatic rings. The summed E-state index contributed by atoms with van der Waals surface area (Å²) >= 11 is 0. The number of nitrogens with two attached hydrogens (primary N) is 1. The minimum absolute atomic E-state index is 0.215. The molecule has 0 aromatic carbocycles. The van der Waals surface area contributed by atoms with E-state index < -0.39 is 5.91 Å². The van der Waals surface area contributed by atoms with E-state index in [1.54, 1.807) is 6.07 Å². The van der Waals surface area contributed by atoms with Crippen LogP contribution in [-0.2, 0) is 0 Å². The largest absolute Gasteiger partial charge is 0.364 e. The van der Waals surface area contributed by atoms with Crippen molar-refractivity contribution in [3.05, 3.63) is 17.8 Å². The maximum Gasteiger partial charge on any atom is 0.269 e. The number of anilines is 1. The molecule has 2 heterocycles. The van der Waals surface area contributed by atoms with Crippen LogP contribution in [0.4, 0.5) is 5.82 Å². The molecule has 6 heteroatoms. The number of aromatic nitrogens is 2. The van der Waals surface area contributed by atoms with Gasteiger partial charge in [-0.05, 0) is 50.4 Å². The number of hydrogen-bond donors (Lipinski definition) is 2. The van der Waals surface area contributed by atoms with Gasteiger partial charge in [-0.2, -0.15) is 0 Å². The van der Waals surface area contributed by atoms with Gasteiger partial charge in [0, 0.05) is 13.1 Å². The fraction of sp³-hybridized carbons (Fsp3) is 0.643. The first-order valence-electron chi connectivity index (χ1n) is 7.30. The summed E-state index contributed by atoms with van der Waals surface area (Å²) in [7, 11) is 0. The summed E-state index contributed by atoms with van der Waals surface area (Å²) in [6.45, 7) is 6.37. The number of primary amides is 1. The van der Waals surface area contributed by atoms with Crippen LogP contribution >= 0.6 is 0 Å². The molecule has 0 unspecified atom stereocenters. The first-order chi connectivity index (χ1) is 9.70. The molecule has 0 radical (unpaired) electrons. The number of amides is 1. The molecule has 0 aliphatic carbocycles. The van der Waals surface area contributed by atoms with Gasteiger partial charge in [-0.3, -0.25) is 4.79 Å². The molecule has 2 rings (SSSR count). The van der Waals surface area contributed by atoms with Gasteiger partial charge in [-0.15, -0.1) is 10.2 Å². The van der Waals surface area contributed by atoms with E-state index in [0.717, 1.165) is 50.8 Å². The normalized spacial score (nSPS) is 16.4. The molecule has 1 aromatic heterocycles. The molecule has 0 spiro atoms. The minimum atomic E-state index is -0.537. The summed E-state index contributed by atoms with van der Waals surface area (Å²) in [5, 5.41) is 11.4. The average Bonchev–Trinajstić information content (AvgIpc) is 2.48. The van der Waals surface area contributed by atoms with Crippen molar-refractivity contribution >= 4 is 11.7 Å². The number of nitrogens with zero attached hydrogens (tertiary/aromatic N) is 3. The second-order valence-corrected chi connectivity index (χ2v) is 5.28. The van der Waals surface area contributed by atoms with Gasteiger partial charge in [-0.1, -0.05) is 6.92 Å². The molecule has 1 fully saturated rings. The van der Waals surface area contributed by atoms with E-state index in [9.17, 15) is 4.79 Å². The fourth-order valence-corrected chi connectivity index (χ4v) is 2.47. The molecule has 1 aliphatic rings. The molecule has 1 amide bonds. The van der Waals surface area contributed by atoms with Gasteiger partial charge in [-0.25, -0.2) is 0 Å². The highest BCUT2D eigenvalue weighted by Gasteiger charge is 2.20. The lowest BCUT2D eigenvalue weighted by Gasteiger charge is -2.32. The van der Waals surface area contributed by atoms with Crippen LogP contribution in [0.3, 0.4) is 0 Å². The lowest BCUT2D eigenvalue weighted by molar-refractivity contribution is 0.0994. The Balaban J connectivity index is 1.82. The van der Waals surface area contributed by atoms with Gasteiger partial charge >= 0.3 is 0 Å². The van der Waals surface area contributed by atoms with E-state index in [4.69, 9.17) is 5.73 Å². The van der Waals surface area contributed by atoms with Crippen LogP contribution in [0.1, 0.15) is 36.7 Å². The third-order valence-corrected chi connectivity index (χ3v) is 3.70. The predicted molar refractivity (Wildman–Crippen MR) is 78.6 cm³/mol. The van der Waals surface area contributed by atoms with Crippen LogP contribution in [0.2, 0.25) is 0 Å². The van der Waals surface area contributed by atoms with Gasteiger partial charge in [0.1, 0.15) is 0 Å². The van der Waals surface area contributed by atoms with E-state index in [-0.39, 0.29) is 5.69 Å². The van der Waals surface area contributed by atoms with Crippen LogP contribution in [0.25, 0.3) is 0 Å². The molecule has 110 valence electrons. The zero-order chi connectivity index (χ0) is 14.4. The maximum absolute atomic E-state index is 11.0. The standard InChI is InChI=1S/C14H23N5O/c1-2-7-16-10-11-5-8-19(9-6-11)13-4-3-12(14(15)20)17-18-13/h3-4,11,16H,2,5-10H2,1H3,(H2,15,20). The summed E-state index contributed by atoms with van der Waals surface area (Å²) < 4.78 is 0. The van der Waals surface area contributed by atoms with Gasteiger partial charge < -0.3 is 16.0 Å². The van der Waals surface area contributed by atoms with Crippen molar-refractivity contribution < 1.29 is 4.79 Å². The summed E-state index contributed by atoms with van der Waals surface area (Å²) in [6.07, 6.45) is 3.51. The van der Waals surface area contributed by atoms with Crippen molar-refractivity contribution in [2.75, 3.05) is 31.1 Å². The molecule has 0 atom stereocenters. The van der Waals surface area contributed by atoms with E-state index in [1.807, 2.05) is 6.07 Å². The van der Waals surface area contributed by atoms with Crippen molar-refractivity contribution in [1.29, 1.82) is 0 Å². The quantitative estimate of drug-likeness (QED) is 0.751. The maximum atomic E-state index is 11.0. The number of hydrogen-bond acceptors (Lipinski definition) is 5. The lowest BCUT2D eigenvalue weighted by atomic mass is 9.97. The summed E-state index contributed by atoms with van der Waals surface area (Å²) in [5.74, 6) is 1.04. The highest BCUT2D eigenvalue weighted by atomic mass is 16.1. The lowest BCUT2D eigenvalue weighted by Crippen LogP contribution is -2.38. The second-order valence-electron chi connectivity index (χ2n) is 5.28. The van der Waals surface area contributed by atoms with Crippen molar-refractivity contribution in [3.63, 3.8) is 0 Å². The average molecular weight is 277 g/mol. The third kappa shape index (κ3) is 3.90. The second kappa shape index (κ2) is 7.19. The Kier molecular flexibility index (Phi) is 5.29. The van der Waals surface area contributed by atoms with E-state index >= 15 is 0 Å². The van der Waals surface area contributed by atoms with Gasteiger partial charge in [0.2, 0.25) is 0 Å². The number of rotatable bonds is 6. The third-order valence-electron chi connectivity index (χ3n) is 3.70. The van der Waals surface area contributed by atoms with Crippen molar-refractivity contribution in [1.82, 2.24) is 15.5 Å².